The Morgan fingerprint density at radius 1 is 1.30 bits per heavy atom. The highest BCUT2D eigenvalue weighted by molar-refractivity contribution is 5.97. The second kappa shape index (κ2) is 5.61. The van der Waals surface area contributed by atoms with Crippen molar-refractivity contribution < 1.29 is 19.4 Å². The van der Waals surface area contributed by atoms with Crippen molar-refractivity contribution in [2.75, 3.05) is 14.2 Å². The lowest BCUT2D eigenvalue weighted by Gasteiger charge is -2.21. The lowest BCUT2D eigenvalue weighted by Crippen LogP contribution is -2.24. The fourth-order valence-electron chi connectivity index (χ4n) is 3.16. The molecule has 2 aromatic rings. The SMILES string of the molecule is CCc1c(C(=O)O)c(=O)c2ccc(OC)c(OC)c2n1C1CC1. The van der Waals surface area contributed by atoms with Crippen LogP contribution in [-0.4, -0.2) is 29.9 Å². The van der Waals surface area contributed by atoms with E-state index < -0.39 is 11.4 Å². The number of hydrogen-bond donors (Lipinski definition) is 1. The van der Waals surface area contributed by atoms with E-state index in [0.29, 0.717) is 34.5 Å². The van der Waals surface area contributed by atoms with Crippen LogP contribution in [0.4, 0.5) is 0 Å². The number of aromatic nitrogens is 1. The van der Waals surface area contributed by atoms with Gasteiger partial charge in [0.05, 0.1) is 25.1 Å². The van der Waals surface area contributed by atoms with E-state index >= 15 is 0 Å². The minimum Gasteiger partial charge on any atom is -0.493 e. The van der Waals surface area contributed by atoms with Crippen molar-refractivity contribution in [1.29, 1.82) is 0 Å². The zero-order valence-corrected chi connectivity index (χ0v) is 13.4. The van der Waals surface area contributed by atoms with Gasteiger partial charge in [0.2, 0.25) is 5.43 Å². The van der Waals surface area contributed by atoms with Crippen molar-refractivity contribution in [2.24, 2.45) is 0 Å². The van der Waals surface area contributed by atoms with Crippen LogP contribution >= 0.6 is 0 Å². The van der Waals surface area contributed by atoms with E-state index in [1.165, 1.54) is 14.2 Å². The van der Waals surface area contributed by atoms with Crippen molar-refractivity contribution >= 4 is 16.9 Å². The van der Waals surface area contributed by atoms with Gasteiger partial charge in [-0.15, -0.1) is 0 Å². The van der Waals surface area contributed by atoms with Gasteiger partial charge in [-0.1, -0.05) is 6.92 Å². The molecular formula is C17H19NO5. The molecule has 0 unspecified atom stereocenters. The molecule has 6 heteroatoms. The zero-order valence-electron chi connectivity index (χ0n) is 13.4. The molecule has 0 atom stereocenters. The van der Waals surface area contributed by atoms with Crippen LogP contribution in [0, 0.1) is 0 Å². The number of hydrogen-bond acceptors (Lipinski definition) is 4. The summed E-state index contributed by atoms with van der Waals surface area (Å²) in [7, 11) is 3.06. The Labute approximate surface area is 133 Å². The highest BCUT2D eigenvalue weighted by Crippen LogP contribution is 2.43. The third-order valence-electron chi connectivity index (χ3n) is 4.27. The van der Waals surface area contributed by atoms with E-state index in [4.69, 9.17) is 9.47 Å². The molecule has 1 aliphatic rings. The van der Waals surface area contributed by atoms with E-state index in [1.807, 2.05) is 11.5 Å². The van der Waals surface area contributed by atoms with Crippen LogP contribution < -0.4 is 14.9 Å². The third kappa shape index (κ3) is 2.25. The second-order valence-electron chi connectivity index (χ2n) is 5.61. The number of carboxylic acid groups (broad SMARTS) is 1. The number of carboxylic acids is 1. The molecular weight excluding hydrogens is 298 g/mol. The number of methoxy groups -OCH3 is 2. The van der Waals surface area contributed by atoms with E-state index in [-0.39, 0.29) is 11.6 Å². The van der Waals surface area contributed by atoms with Gasteiger partial charge in [0.1, 0.15) is 5.56 Å². The maximum absolute atomic E-state index is 12.7. The number of pyridine rings is 1. The Bertz CT molecular complexity index is 848. The molecule has 122 valence electrons. The topological polar surface area (TPSA) is 77.8 Å². The normalized spacial score (nSPS) is 14.0. The van der Waals surface area contributed by atoms with Crippen LogP contribution in [0.15, 0.2) is 16.9 Å². The smallest absolute Gasteiger partial charge is 0.341 e. The minimum absolute atomic E-state index is 0.140. The van der Waals surface area contributed by atoms with Crippen LogP contribution in [0.2, 0.25) is 0 Å². The molecule has 0 bridgehead atoms. The predicted molar refractivity (Wildman–Crippen MR) is 85.9 cm³/mol. The third-order valence-corrected chi connectivity index (χ3v) is 4.27. The van der Waals surface area contributed by atoms with Crippen LogP contribution in [0.3, 0.4) is 0 Å². The quantitative estimate of drug-likeness (QED) is 0.917. The Morgan fingerprint density at radius 2 is 2.00 bits per heavy atom. The highest BCUT2D eigenvalue weighted by Gasteiger charge is 2.32. The van der Waals surface area contributed by atoms with E-state index in [2.05, 4.69) is 0 Å². The van der Waals surface area contributed by atoms with Gasteiger partial charge in [0.25, 0.3) is 0 Å². The maximum Gasteiger partial charge on any atom is 0.341 e. The van der Waals surface area contributed by atoms with Crippen molar-refractivity contribution in [3.05, 3.63) is 33.6 Å². The molecule has 1 N–H and O–H groups in total. The fourth-order valence-corrected chi connectivity index (χ4v) is 3.16. The fraction of sp³-hybridized carbons (Fsp3) is 0.412. The molecule has 3 rings (SSSR count). The molecule has 1 aromatic carbocycles. The van der Waals surface area contributed by atoms with Crippen molar-refractivity contribution in [3.63, 3.8) is 0 Å². The van der Waals surface area contributed by atoms with Crippen molar-refractivity contribution in [1.82, 2.24) is 4.57 Å². The van der Waals surface area contributed by atoms with Gasteiger partial charge >= 0.3 is 5.97 Å². The molecule has 0 amide bonds. The number of rotatable bonds is 5. The first kappa shape index (κ1) is 15.4. The molecule has 1 aliphatic carbocycles. The number of benzene rings is 1. The summed E-state index contributed by atoms with van der Waals surface area (Å²) in [6.45, 7) is 1.86. The van der Waals surface area contributed by atoms with Crippen LogP contribution in [-0.2, 0) is 6.42 Å². The summed E-state index contributed by atoms with van der Waals surface area (Å²) in [4.78, 5) is 24.4. The summed E-state index contributed by atoms with van der Waals surface area (Å²) in [6, 6.07) is 3.45. The first-order valence-electron chi connectivity index (χ1n) is 7.60. The van der Waals surface area contributed by atoms with E-state index in [9.17, 15) is 14.7 Å². The summed E-state index contributed by atoms with van der Waals surface area (Å²) in [6.07, 6.45) is 2.39. The molecule has 1 heterocycles. The monoisotopic (exact) mass is 317 g/mol. The molecule has 0 aliphatic heterocycles. The molecule has 0 radical (unpaired) electrons. The Morgan fingerprint density at radius 3 is 2.48 bits per heavy atom. The molecule has 0 spiro atoms. The number of ether oxygens (including phenoxy) is 2. The van der Waals surface area contributed by atoms with Gasteiger partial charge in [0.15, 0.2) is 11.5 Å². The van der Waals surface area contributed by atoms with Gasteiger partial charge in [-0.3, -0.25) is 4.79 Å². The van der Waals surface area contributed by atoms with Crippen molar-refractivity contribution in [3.8, 4) is 11.5 Å². The minimum atomic E-state index is -1.18. The lowest BCUT2D eigenvalue weighted by atomic mass is 10.0. The first-order chi connectivity index (χ1) is 11.0. The van der Waals surface area contributed by atoms with E-state index in [1.54, 1.807) is 12.1 Å². The standard InChI is InChI=1S/C17H19NO5/c1-4-11-13(17(20)21)15(19)10-7-8-12(22-2)16(23-3)14(10)18(11)9-5-6-9/h7-9H,4-6H2,1-3H3,(H,20,21). The van der Waals surface area contributed by atoms with Crippen LogP contribution in [0.5, 0.6) is 11.5 Å². The van der Waals surface area contributed by atoms with Crippen LogP contribution in [0.25, 0.3) is 10.9 Å². The average molecular weight is 317 g/mol. The molecule has 23 heavy (non-hydrogen) atoms. The second-order valence-corrected chi connectivity index (χ2v) is 5.61. The first-order valence-corrected chi connectivity index (χ1v) is 7.60. The van der Waals surface area contributed by atoms with Crippen molar-refractivity contribution in [2.45, 2.75) is 32.2 Å². The van der Waals surface area contributed by atoms with Crippen LogP contribution in [0.1, 0.15) is 41.9 Å². The molecule has 1 fully saturated rings. The molecule has 0 saturated heterocycles. The summed E-state index contributed by atoms with van der Waals surface area (Å²) < 4.78 is 12.8. The maximum atomic E-state index is 12.7. The largest absolute Gasteiger partial charge is 0.493 e. The summed E-state index contributed by atoms with van der Waals surface area (Å²) in [5, 5.41) is 9.87. The Balaban J connectivity index is 2.56. The highest BCUT2D eigenvalue weighted by atomic mass is 16.5. The molecule has 1 aromatic heterocycles. The zero-order chi connectivity index (χ0) is 16.7. The average Bonchev–Trinajstić information content (AvgIpc) is 3.37. The molecule has 1 saturated carbocycles. The Hall–Kier alpha value is -2.50. The van der Waals surface area contributed by atoms with Gasteiger partial charge in [0, 0.05) is 11.7 Å². The number of fused-ring (bicyclic) bond motifs is 1. The lowest BCUT2D eigenvalue weighted by molar-refractivity contribution is 0.0693. The van der Waals surface area contributed by atoms with Gasteiger partial charge in [-0.25, -0.2) is 4.79 Å². The predicted octanol–water partition coefficient (Wildman–Crippen LogP) is 2.61. The molecule has 6 nitrogen and oxygen atoms in total. The Kier molecular flexibility index (Phi) is 3.75. The summed E-state index contributed by atoms with van der Waals surface area (Å²) in [5.74, 6) is -0.183. The van der Waals surface area contributed by atoms with E-state index in [0.717, 1.165) is 12.8 Å². The summed E-state index contributed by atoms with van der Waals surface area (Å²) in [5.41, 5.74) is 0.562. The number of aromatic carboxylic acids is 1. The number of nitrogens with zero attached hydrogens (tertiary/aromatic N) is 1. The van der Waals surface area contributed by atoms with Gasteiger partial charge in [-0.2, -0.15) is 0 Å². The van der Waals surface area contributed by atoms with Gasteiger partial charge < -0.3 is 19.1 Å². The number of carbonyl (C=O) groups is 1. The van der Waals surface area contributed by atoms with Gasteiger partial charge in [-0.05, 0) is 31.4 Å². The summed E-state index contributed by atoms with van der Waals surface area (Å²) >= 11 is 0.